The summed E-state index contributed by atoms with van der Waals surface area (Å²) in [6, 6.07) is 11.0. The molecule has 0 spiro atoms. The van der Waals surface area contributed by atoms with Crippen molar-refractivity contribution in [2.75, 3.05) is 60.0 Å². The van der Waals surface area contributed by atoms with Crippen molar-refractivity contribution in [2.24, 2.45) is 5.92 Å². The highest BCUT2D eigenvalue weighted by atomic mass is 16.6. The summed E-state index contributed by atoms with van der Waals surface area (Å²) in [6.07, 6.45) is 4.24. The summed E-state index contributed by atoms with van der Waals surface area (Å²) in [6.45, 7) is 6.63. The van der Waals surface area contributed by atoms with Gasteiger partial charge in [0.1, 0.15) is 0 Å². The summed E-state index contributed by atoms with van der Waals surface area (Å²) >= 11 is 0. The summed E-state index contributed by atoms with van der Waals surface area (Å²) < 4.78 is 10.5. The number of likely N-dealkylation sites (tertiary alicyclic amines) is 1. The number of amides is 1. The first-order valence-electron chi connectivity index (χ1n) is 12.2. The van der Waals surface area contributed by atoms with Crippen LogP contribution in [0.3, 0.4) is 0 Å². The third-order valence-corrected chi connectivity index (χ3v) is 7.41. The fourth-order valence-electron chi connectivity index (χ4n) is 5.39. The van der Waals surface area contributed by atoms with Gasteiger partial charge in [-0.1, -0.05) is 30.3 Å². The molecule has 1 amide bonds. The number of piperidine rings is 1. The number of hydrogen-bond donors (Lipinski definition) is 0. The highest BCUT2D eigenvalue weighted by molar-refractivity contribution is 5.71. The number of methoxy groups -OCH3 is 1. The lowest BCUT2D eigenvalue weighted by molar-refractivity contribution is -0.143. The van der Waals surface area contributed by atoms with E-state index in [1.54, 1.807) is 11.9 Å². The Kier molecular flexibility index (Phi) is 8.22. The van der Waals surface area contributed by atoms with E-state index in [1.165, 1.54) is 31.9 Å². The number of benzene rings is 1. The molecule has 33 heavy (non-hydrogen) atoms. The van der Waals surface area contributed by atoms with Gasteiger partial charge in [-0.05, 0) is 50.3 Å². The molecule has 3 aliphatic heterocycles. The molecule has 8 heteroatoms. The standard InChI is InChI=1S/C25H38N4O4/c1-26-18-23(33-25(26)31)29-15-14-28(19-24(30)32-2)17-22(29)9-8-20-10-12-27(13-11-20)16-21-6-4-3-5-7-21/h3-7,20,22-23H,8-19H2,1-2H3. The van der Waals surface area contributed by atoms with Gasteiger partial charge in [0, 0.05) is 39.3 Å². The van der Waals surface area contributed by atoms with E-state index < -0.39 is 0 Å². The number of nitrogens with zero attached hydrogens (tertiary/aromatic N) is 4. The van der Waals surface area contributed by atoms with Crippen molar-refractivity contribution in [1.29, 1.82) is 0 Å². The molecule has 0 saturated carbocycles. The second-order valence-corrected chi connectivity index (χ2v) is 9.70. The van der Waals surface area contributed by atoms with E-state index in [2.05, 4.69) is 45.0 Å². The van der Waals surface area contributed by atoms with Crippen LogP contribution in [0.1, 0.15) is 31.2 Å². The SMILES string of the molecule is COC(=O)CN1CCN(C2CN(C)C(=O)O2)C(CCC2CCN(Cc3ccccc3)CC2)C1. The molecule has 3 saturated heterocycles. The molecule has 0 radical (unpaired) electrons. The molecule has 0 aliphatic carbocycles. The number of rotatable bonds is 8. The van der Waals surface area contributed by atoms with Crippen molar-refractivity contribution < 1.29 is 19.1 Å². The van der Waals surface area contributed by atoms with E-state index in [1.807, 2.05) is 0 Å². The lowest BCUT2D eigenvalue weighted by Gasteiger charge is -2.43. The number of ether oxygens (including phenoxy) is 2. The van der Waals surface area contributed by atoms with Crippen LogP contribution in [0, 0.1) is 5.92 Å². The first kappa shape index (κ1) is 24.0. The predicted molar refractivity (Wildman–Crippen MR) is 126 cm³/mol. The van der Waals surface area contributed by atoms with E-state index in [9.17, 15) is 9.59 Å². The van der Waals surface area contributed by atoms with Gasteiger partial charge in [0.05, 0.1) is 20.2 Å². The van der Waals surface area contributed by atoms with Crippen LogP contribution in [0.5, 0.6) is 0 Å². The zero-order valence-corrected chi connectivity index (χ0v) is 20.0. The van der Waals surface area contributed by atoms with Crippen molar-refractivity contribution in [3.63, 3.8) is 0 Å². The zero-order valence-electron chi connectivity index (χ0n) is 20.0. The summed E-state index contributed by atoms with van der Waals surface area (Å²) in [5, 5.41) is 0. The predicted octanol–water partition coefficient (Wildman–Crippen LogP) is 2.25. The molecule has 3 aliphatic rings. The largest absolute Gasteiger partial charge is 0.468 e. The van der Waals surface area contributed by atoms with Crippen LogP contribution < -0.4 is 0 Å². The molecule has 0 N–H and O–H groups in total. The van der Waals surface area contributed by atoms with Gasteiger partial charge in [0.2, 0.25) is 0 Å². The topological polar surface area (TPSA) is 65.6 Å². The molecule has 8 nitrogen and oxygen atoms in total. The summed E-state index contributed by atoms with van der Waals surface area (Å²) in [5.74, 6) is 0.531. The molecular formula is C25H38N4O4. The van der Waals surface area contributed by atoms with Crippen LogP contribution in [-0.2, 0) is 20.8 Å². The van der Waals surface area contributed by atoms with E-state index in [-0.39, 0.29) is 24.3 Å². The molecule has 4 rings (SSSR count). The van der Waals surface area contributed by atoms with Crippen LogP contribution in [0.4, 0.5) is 4.79 Å². The monoisotopic (exact) mass is 458 g/mol. The van der Waals surface area contributed by atoms with Crippen molar-refractivity contribution in [1.82, 2.24) is 19.6 Å². The molecule has 3 fully saturated rings. The smallest absolute Gasteiger partial charge is 0.411 e. The van der Waals surface area contributed by atoms with Gasteiger partial charge in [0.25, 0.3) is 0 Å². The minimum Gasteiger partial charge on any atom is -0.468 e. The molecular weight excluding hydrogens is 420 g/mol. The van der Waals surface area contributed by atoms with Crippen LogP contribution in [0.2, 0.25) is 0 Å². The Hall–Kier alpha value is -2.16. The minimum absolute atomic E-state index is 0.194. The number of piperazine rings is 1. The maximum atomic E-state index is 12.0. The van der Waals surface area contributed by atoms with Crippen LogP contribution in [-0.4, -0.2) is 104 Å². The van der Waals surface area contributed by atoms with Crippen molar-refractivity contribution in [2.45, 2.75) is 44.5 Å². The number of likely N-dealkylation sites (N-methyl/N-ethyl adjacent to an activating group) is 1. The van der Waals surface area contributed by atoms with E-state index in [4.69, 9.17) is 9.47 Å². The molecule has 2 atom stereocenters. The molecule has 1 aromatic rings. The molecule has 182 valence electrons. The van der Waals surface area contributed by atoms with Crippen LogP contribution in [0.15, 0.2) is 30.3 Å². The fraction of sp³-hybridized carbons (Fsp3) is 0.680. The number of esters is 1. The van der Waals surface area contributed by atoms with Gasteiger partial charge in [-0.25, -0.2) is 4.79 Å². The minimum atomic E-state index is -0.249. The van der Waals surface area contributed by atoms with E-state index in [0.717, 1.165) is 51.6 Å². The summed E-state index contributed by atoms with van der Waals surface area (Å²) in [4.78, 5) is 32.5. The van der Waals surface area contributed by atoms with Crippen LogP contribution in [0.25, 0.3) is 0 Å². The second-order valence-electron chi connectivity index (χ2n) is 9.70. The Morgan fingerprint density at radius 3 is 2.45 bits per heavy atom. The average molecular weight is 459 g/mol. The van der Waals surface area contributed by atoms with Gasteiger partial charge in [-0.15, -0.1) is 0 Å². The molecule has 1 aromatic carbocycles. The van der Waals surface area contributed by atoms with Gasteiger partial charge in [0.15, 0.2) is 6.23 Å². The molecule has 0 aromatic heterocycles. The molecule has 0 bridgehead atoms. The number of hydrogen-bond acceptors (Lipinski definition) is 7. The van der Waals surface area contributed by atoms with Gasteiger partial charge in [-0.2, -0.15) is 0 Å². The third-order valence-electron chi connectivity index (χ3n) is 7.41. The van der Waals surface area contributed by atoms with Crippen molar-refractivity contribution in [3.05, 3.63) is 35.9 Å². The number of carbonyl (C=O) groups excluding carboxylic acids is 2. The third kappa shape index (κ3) is 6.46. The lowest BCUT2D eigenvalue weighted by Crippen LogP contribution is -2.58. The van der Waals surface area contributed by atoms with Crippen molar-refractivity contribution in [3.8, 4) is 0 Å². The Morgan fingerprint density at radius 2 is 1.79 bits per heavy atom. The highest BCUT2D eigenvalue weighted by Gasteiger charge is 2.39. The summed E-state index contributed by atoms with van der Waals surface area (Å²) in [7, 11) is 3.22. The first-order valence-corrected chi connectivity index (χ1v) is 12.2. The maximum Gasteiger partial charge on any atom is 0.411 e. The Morgan fingerprint density at radius 1 is 1.03 bits per heavy atom. The molecule has 3 heterocycles. The lowest BCUT2D eigenvalue weighted by atomic mass is 9.89. The first-order chi connectivity index (χ1) is 16.0. The van der Waals surface area contributed by atoms with Gasteiger partial charge < -0.3 is 14.4 Å². The quantitative estimate of drug-likeness (QED) is 0.554. The number of cyclic esters (lactones) is 1. The van der Waals surface area contributed by atoms with E-state index in [0.29, 0.717) is 13.1 Å². The average Bonchev–Trinajstić information content (AvgIpc) is 3.17. The normalized spacial score (nSPS) is 25.9. The van der Waals surface area contributed by atoms with Gasteiger partial charge >= 0.3 is 12.1 Å². The molecule has 2 unspecified atom stereocenters. The second kappa shape index (κ2) is 11.3. The highest BCUT2D eigenvalue weighted by Crippen LogP contribution is 2.28. The number of carbonyl (C=O) groups is 2. The summed E-state index contributed by atoms with van der Waals surface area (Å²) in [5.41, 5.74) is 1.38. The zero-order chi connectivity index (χ0) is 23.2. The fourth-order valence-corrected chi connectivity index (χ4v) is 5.39. The van der Waals surface area contributed by atoms with Crippen LogP contribution >= 0.6 is 0 Å². The van der Waals surface area contributed by atoms with Crippen molar-refractivity contribution >= 4 is 12.1 Å². The van der Waals surface area contributed by atoms with E-state index >= 15 is 0 Å². The maximum absolute atomic E-state index is 12.0. The Bertz CT molecular complexity index is 784. The van der Waals surface area contributed by atoms with Gasteiger partial charge in [-0.3, -0.25) is 19.5 Å². The Balaban J connectivity index is 1.29. The Labute approximate surface area is 197 Å².